The molecule has 0 aromatic heterocycles. The van der Waals surface area contributed by atoms with Gasteiger partial charge >= 0.3 is 0 Å². The number of hydrogen-bond donors (Lipinski definition) is 0. The predicted octanol–water partition coefficient (Wildman–Crippen LogP) is 4.96. The topological polar surface area (TPSA) is 17.1 Å². The Morgan fingerprint density at radius 1 is 1.11 bits per heavy atom. The van der Waals surface area contributed by atoms with Crippen LogP contribution in [0.15, 0.2) is 18.2 Å². The van der Waals surface area contributed by atoms with Crippen LogP contribution in [0.3, 0.4) is 0 Å². The fourth-order valence-electron chi connectivity index (χ4n) is 3.44. The molecule has 19 heavy (non-hydrogen) atoms. The minimum Gasteiger partial charge on any atom is -0.294 e. The fraction of sp³-hybridized carbons (Fsp3) is 0.611. The molecule has 0 bridgehead atoms. The van der Waals surface area contributed by atoms with Crippen molar-refractivity contribution in [2.75, 3.05) is 0 Å². The van der Waals surface area contributed by atoms with Crippen LogP contribution in [0.4, 0.5) is 0 Å². The molecule has 0 amide bonds. The van der Waals surface area contributed by atoms with E-state index in [4.69, 9.17) is 0 Å². The number of aryl methyl sites for hydroxylation is 2. The number of carbonyl (C=O) groups is 1. The maximum absolute atomic E-state index is 13.0. The smallest absolute Gasteiger partial charge is 0.169 e. The summed E-state index contributed by atoms with van der Waals surface area (Å²) in [5, 5.41) is 0. The zero-order valence-electron chi connectivity index (χ0n) is 12.6. The molecule has 1 heteroatoms. The molecule has 1 aromatic carbocycles. The van der Waals surface area contributed by atoms with E-state index in [0.29, 0.717) is 5.78 Å². The summed E-state index contributed by atoms with van der Waals surface area (Å²) in [6, 6.07) is 6.48. The van der Waals surface area contributed by atoms with Crippen LogP contribution in [-0.2, 0) is 12.8 Å². The molecule has 1 aromatic rings. The van der Waals surface area contributed by atoms with Crippen LogP contribution in [0.1, 0.15) is 74.4 Å². The minimum atomic E-state index is -0.0592. The Bertz CT molecular complexity index is 453. The SMILES string of the molecule is CCc1ccc(CC)c(C(=O)C2(CC)CCCC2)c1. The molecule has 0 saturated heterocycles. The van der Waals surface area contributed by atoms with Crippen molar-refractivity contribution in [2.45, 2.75) is 65.7 Å². The summed E-state index contributed by atoms with van der Waals surface area (Å²) < 4.78 is 0. The molecular weight excluding hydrogens is 232 g/mol. The third kappa shape index (κ3) is 2.61. The Morgan fingerprint density at radius 2 is 1.79 bits per heavy atom. The molecule has 1 saturated carbocycles. The van der Waals surface area contributed by atoms with E-state index in [2.05, 4.69) is 39.0 Å². The van der Waals surface area contributed by atoms with Crippen LogP contribution in [0.25, 0.3) is 0 Å². The minimum absolute atomic E-state index is 0.0592. The van der Waals surface area contributed by atoms with Crippen molar-refractivity contribution >= 4 is 5.78 Å². The van der Waals surface area contributed by atoms with Gasteiger partial charge in [-0.3, -0.25) is 4.79 Å². The second-order valence-corrected chi connectivity index (χ2v) is 5.87. The molecule has 0 radical (unpaired) electrons. The summed E-state index contributed by atoms with van der Waals surface area (Å²) in [5.41, 5.74) is 3.45. The zero-order chi connectivity index (χ0) is 13.9. The van der Waals surface area contributed by atoms with E-state index in [1.165, 1.54) is 24.0 Å². The van der Waals surface area contributed by atoms with E-state index in [1.54, 1.807) is 0 Å². The van der Waals surface area contributed by atoms with Gasteiger partial charge in [-0.1, -0.05) is 45.7 Å². The monoisotopic (exact) mass is 258 g/mol. The van der Waals surface area contributed by atoms with E-state index >= 15 is 0 Å². The lowest BCUT2D eigenvalue weighted by molar-refractivity contribution is 0.0790. The lowest BCUT2D eigenvalue weighted by Crippen LogP contribution is -2.28. The molecular formula is C18H26O. The first-order chi connectivity index (χ1) is 9.16. The number of benzene rings is 1. The quantitative estimate of drug-likeness (QED) is 0.682. The largest absolute Gasteiger partial charge is 0.294 e. The third-order valence-corrected chi connectivity index (χ3v) is 4.93. The summed E-state index contributed by atoms with van der Waals surface area (Å²) in [7, 11) is 0. The van der Waals surface area contributed by atoms with Gasteiger partial charge in [0.25, 0.3) is 0 Å². The highest BCUT2D eigenvalue weighted by molar-refractivity contribution is 6.02. The van der Waals surface area contributed by atoms with Crippen molar-refractivity contribution in [1.82, 2.24) is 0 Å². The molecule has 0 heterocycles. The number of ketones is 1. The van der Waals surface area contributed by atoms with Gasteiger partial charge in [0.05, 0.1) is 0 Å². The van der Waals surface area contributed by atoms with E-state index < -0.39 is 0 Å². The normalized spacial score (nSPS) is 17.6. The molecule has 0 atom stereocenters. The highest BCUT2D eigenvalue weighted by Crippen LogP contribution is 2.44. The van der Waals surface area contributed by atoms with E-state index in [1.807, 2.05) is 0 Å². The van der Waals surface area contributed by atoms with Crippen LogP contribution in [0, 0.1) is 5.41 Å². The molecule has 0 unspecified atom stereocenters. The van der Waals surface area contributed by atoms with Crippen molar-refractivity contribution in [3.05, 3.63) is 34.9 Å². The Labute approximate surface area is 117 Å². The summed E-state index contributed by atoms with van der Waals surface area (Å²) in [4.78, 5) is 13.0. The van der Waals surface area contributed by atoms with Gasteiger partial charge in [-0.2, -0.15) is 0 Å². The van der Waals surface area contributed by atoms with Gasteiger partial charge in [0.15, 0.2) is 5.78 Å². The van der Waals surface area contributed by atoms with Gasteiger partial charge in [0.1, 0.15) is 0 Å². The second kappa shape index (κ2) is 5.90. The summed E-state index contributed by atoms with van der Waals surface area (Å²) in [6.45, 7) is 6.48. The first kappa shape index (κ1) is 14.3. The maximum atomic E-state index is 13.0. The Morgan fingerprint density at radius 3 is 2.32 bits per heavy atom. The summed E-state index contributed by atoms with van der Waals surface area (Å²) in [6.07, 6.45) is 7.55. The maximum Gasteiger partial charge on any atom is 0.169 e. The molecule has 0 spiro atoms. The molecule has 1 aliphatic carbocycles. The highest BCUT2D eigenvalue weighted by Gasteiger charge is 2.40. The van der Waals surface area contributed by atoms with Crippen LogP contribution in [0.2, 0.25) is 0 Å². The molecule has 1 fully saturated rings. The van der Waals surface area contributed by atoms with Crippen molar-refractivity contribution in [1.29, 1.82) is 0 Å². The average Bonchev–Trinajstić information content (AvgIpc) is 2.95. The van der Waals surface area contributed by atoms with Gasteiger partial charge < -0.3 is 0 Å². The van der Waals surface area contributed by atoms with E-state index in [-0.39, 0.29) is 5.41 Å². The fourth-order valence-corrected chi connectivity index (χ4v) is 3.44. The van der Waals surface area contributed by atoms with Crippen molar-refractivity contribution in [3.8, 4) is 0 Å². The number of rotatable bonds is 5. The van der Waals surface area contributed by atoms with Crippen LogP contribution in [0.5, 0.6) is 0 Å². The Hall–Kier alpha value is -1.11. The predicted molar refractivity (Wildman–Crippen MR) is 80.7 cm³/mol. The van der Waals surface area contributed by atoms with Gasteiger partial charge in [0.2, 0.25) is 0 Å². The van der Waals surface area contributed by atoms with Crippen LogP contribution in [-0.4, -0.2) is 5.78 Å². The van der Waals surface area contributed by atoms with E-state index in [9.17, 15) is 4.79 Å². The summed E-state index contributed by atoms with van der Waals surface area (Å²) >= 11 is 0. The van der Waals surface area contributed by atoms with Gasteiger partial charge in [-0.05, 0) is 49.3 Å². The number of carbonyl (C=O) groups excluding carboxylic acids is 1. The Balaban J connectivity index is 2.41. The van der Waals surface area contributed by atoms with Gasteiger partial charge in [-0.25, -0.2) is 0 Å². The van der Waals surface area contributed by atoms with E-state index in [0.717, 1.165) is 37.7 Å². The second-order valence-electron chi connectivity index (χ2n) is 5.87. The number of Topliss-reactive ketones (excluding diaryl/α,β-unsaturated/α-hetero) is 1. The van der Waals surface area contributed by atoms with Crippen LogP contribution < -0.4 is 0 Å². The van der Waals surface area contributed by atoms with Gasteiger partial charge in [-0.15, -0.1) is 0 Å². The van der Waals surface area contributed by atoms with Gasteiger partial charge in [0, 0.05) is 11.0 Å². The van der Waals surface area contributed by atoms with Crippen LogP contribution >= 0.6 is 0 Å². The zero-order valence-corrected chi connectivity index (χ0v) is 12.6. The Kier molecular flexibility index (Phi) is 4.44. The first-order valence-electron chi connectivity index (χ1n) is 7.83. The molecule has 2 rings (SSSR count). The lowest BCUT2D eigenvalue weighted by Gasteiger charge is -2.27. The molecule has 0 aliphatic heterocycles. The molecule has 0 N–H and O–H groups in total. The van der Waals surface area contributed by atoms with Crippen molar-refractivity contribution in [2.24, 2.45) is 5.41 Å². The lowest BCUT2D eigenvalue weighted by atomic mass is 9.75. The molecule has 1 aliphatic rings. The summed E-state index contributed by atoms with van der Waals surface area (Å²) in [5.74, 6) is 0.416. The highest BCUT2D eigenvalue weighted by atomic mass is 16.1. The standard InChI is InChI=1S/C18H26O/c1-4-14-9-10-15(5-2)16(13-14)17(19)18(6-3)11-7-8-12-18/h9-10,13H,4-8,11-12H2,1-3H3. The average molecular weight is 258 g/mol. The first-order valence-corrected chi connectivity index (χ1v) is 7.83. The molecule has 104 valence electrons. The van der Waals surface area contributed by atoms with Crippen molar-refractivity contribution in [3.63, 3.8) is 0 Å². The number of hydrogen-bond acceptors (Lipinski definition) is 1. The molecule has 1 nitrogen and oxygen atoms in total. The third-order valence-electron chi connectivity index (χ3n) is 4.93. The van der Waals surface area contributed by atoms with Crippen molar-refractivity contribution < 1.29 is 4.79 Å².